The number of rotatable bonds is 4. The van der Waals surface area contributed by atoms with Gasteiger partial charge in [0.15, 0.2) is 11.5 Å². The lowest BCUT2D eigenvalue weighted by Crippen LogP contribution is -2.04. The molecule has 0 aliphatic heterocycles. The first-order valence-electron chi connectivity index (χ1n) is 5.31. The van der Waals surface area contributed by atoms with Crippen LogP contribution in [0.25, 0.3) is 5.82 Å². The molecule has 0 radical (unpaired) electrons. The fourth-order valence-corrected chi connectivity index (χ4v) is 1.47. The molecule has 0 amide bonds. The van der Waals surface area contributed by atoms with Gasteiger partial charge in [0.1, 0.15) is 6.33 Å². The van der Waals surface area contributed by atoms with E-state index in [1.165, 1.54) is 17.1 Å². The molecular formula is C11H12N4O2. The van der Waals surface area contributed by atoms with Crippen molar-refractivity contribution in [1.82, 2.24) is 19.7 Å². The number of nitrogens with zero attached hydrogens (tertiary/aromatic N) is 4. The molecule has 6 heteroatoms. The van der Waals surface area contributed by atoms with Gasteiger partial charge in [-0.3, -0.25) is 0 Å². The maximum absolute atomic E-state index is 10.7. The zero-order chi connectivity index (χ0) is 12.3. The van der Waals surface area contributed by atoms with E-state index in [1.54, 1.807) is 6.20 Å². The molecule has 17 heavy (non-hydrogen) atoms. The minimum atomic E-state index is -1.05. The second-order valence-corrected chi connectivity index (χ2v) is 3.57. The van der Waals surface area contributed by atoms with Crippen LogP contribution in [-0.4, -0.2) is 30.8 Å². The van der Waals surface area contributed by atoms with Crippen LogP contribution in [0, 0.1) is 0 Å². The van der Waals surface area contributed by atoms with Gasteiger partial charge < -0.3 is 5.11 Å². The predicted octanol–water partition coefficient (Wildman–Crippen LogP) is 1.31. The van der Waals surface area contributed by atoms with Gasteiger partial charge in [-0.2, -0.15) is 5.10 Å². The van der Waals surface area contributed by atoms with E-state index in [4.69, 9.17) is 5.11 Å². The summed E-state index contributed by atoms with van der Waals surface area (Å²) >= 11 is 0. The molecule has 0 aliphatic rings. The monoisotopic (exact) mass is 232 g/mol. The first-order valence-corrected chi connectivity index (χ1v) is 5.31. The molecule has 0 unspecified atom stereocenters. The zero-order valence-electron chi connectivity index (χ0n) is 9.37. The summed E-state index contributed by atoms with van der Waals surface area (Å²) in [6.45, 7) is 2.07. The molecular weight excluding hydrogens is 220 g/mol. The van der Waals surface area contributed by atoms with Gasteiger partial charge in [-0.05, 0) is 12.5 Å². The van der Waals surface area contributed by atoms with Crippen LogP contribution in [0.1, 0.15) is 29.5 Å². The van der Waals surface area contributed by atoms with Crippen molar-refractivity contribution in [1.29, 1.82) is 0 Å². The molecule has 6 nitrogen and oxygen atoms in total. The number of aryl methyl sites for hydroxylation is 1. The molecule has 2 rings (SSSR count). The predicted molar refractivity (Wildman–Crippen MR) is 60.1 cm³/mol. The minimum Gasteiger partial charge on any atom is -0.476 e. The van der Waals surface area contributed by atoms with Crippen LogP contribution >= 0.6 is 0 Å². The van der Waals surface area contributed by atoms with Gasteiger partial charge in [0.25, 0.3) is 0 Å². The van der Waals surface area contributed by atoms with Gasteiger partial charge in [-0.1, -0.05) is 13.3 Å². The quantitative estimate of drug-likeness (QED) is 0.859. The fourth-order valence-electron chi connectivity index (χ4n) is 1.47. The maximum atomic E-state index is 10.7. The maximum Gasteiger partial charge on any atom is 0.356 e. The highest BCUT2D eigenvalue weighted by atomic mass is 16.4. The number of carboxylic acid groups (broad SMARTS) is 1. The van der Waals surface area contributed by atoms with Crippen LogP contribution in [0.5, 0.6) is 0 Å². The third-order valence-electron chi connectivity index (χ3n) is 2.26. The van der Waals surface area contributed by atoms with Crippen molar-refractivity contribution >= 4 is 5.97 Å². The lowest BCUT2D eigenvalue weighted by molar-refractivity contribution is 0.0690. The average molecular weight is 232 g/mol. The van der Waals surface area contributed by atoms with Crippen molar-refractivity contribution in [3.63, 3.8) is 0 Å². The van der Waals surface area contributed by atoms with Gasteiger partial charge in [-0.15, -0.1) is 0 Å². The van der Waals surface area contributed by atoms with Crippen molar-refractivity contribution in [2.24, 2.45) is 0 Å². The molecule has 0 saturated carbocycles. The van der Waals surface area contributed by atoms with E-state index in [0.29, 0.717) is 5.82 Å². The number of hydrogen-bond acceptors (Lipinski definition) is 4. The zero-order valence-corrected chi connectivity index (χ0v) is 9.37. The number of hydrogen-bond donors (Lipinski definition) is 1. The van der Waals surface area contributed by atoms with Gasteiger partial charge in [0.2, 0.25) is 0 Å². The van der Waals surface area contributed by atoms with E-state index in [-0.39, 0.29) is 5.69 Å². The topological polar surface area (TPSA) is 80.9 Å². The number of carboxylic acids is 1. The molecule has 0 spiro atoms. The van der Waals surface area contributed by atoms with E-state index >= 15 is 0 Å². The highest BCUT2D eigenvalue weighted by molar-refractivity contribution is 5.85. The third kappa shape index (κ3) is 2.47. The average Bonchev–Trinajstić information content (AvgIpc) is 2.79. The molecule has 2 heterocycles. The Morgan fingerprint density at radius 1 is 1.47 bits per heavy atom. The second-order valence-electron chi connectivity index (χ2n) is 3.57. The smallest absolute Gasteiger partial charge is 0.356 e. The summed E-state index contributed by atoms with van der Waals surface area (Å²) in [5.41, 5.74) is 0.922. The molecule has 0 aromatic carbocycles. The standard InChI is InChI=1S/C11H12N4O2/c1-2-3-8-6-10(13-7-12-8)15-5-4-9(14-15)11(16)17/h4-7H,2-3H2,1H3,(H,16,17). The van der Waals surface area contributed by atoms with E-state index < -0.39 is 5.97 Å². The van der Waals surface area contributed by atoms with Gasteiger partial charge in [0, 0.05) is 18.0 Å². The first-order chi connectivity index (χ1) is 8.20. The summed E-state index contributed by atoms with van der Waals surface area (Å²) in [4.78, 5) is 18.9. The Hall–Kier alpha value is -2.24. The Kier molecular flexibility index (Phi) is 3.13. The Morgan fingerprint density at radius 2 is 2.29 bits per heavy atom. The summed E-state index contributed by atoms with van der Waals surface area (Å²) in [6, 6.07) is 3.24. The molecule has 0 saturated heterocycles. The molecule has 2 aromatic heterocycles. The van der Waals surface area contributed by atoms with E-state index in [9.17, 15) is 4.79 Å². The molecule has 0 bridgehead atoms. The van der Waals surface area contributed by atoms with Crippen LogP contribution in [0.3, 0.4) is 0 Å². The molecule has 2 aromatic rings. The van der Waals surface area contributed by atoms with E-state index in [2.05, 4.69) is 22.0 Å². The molecule has 0 atom stereocenters. The minimum absolute atomic E-state index is 0.000605. The van der Waals surface area contributed by atoms with Crippen LogP contribution in [0.2, 0.25) is 0 Å². The van der Waals surface area contributed by atoms with Crippen molar-refractivity contribution in [3.05, 3.63) is 36.0 Å². The van der Waals surface area contributed by atoms with E-state index in [0.717, 1.165) is 18.5 Å². The van der Waals surface area contributed by atoms with Gasteiger partial charge >= 0.3 is 5.97 Å². The normalized spacial score (nSPS) is 10.4. The van der Waals surface area contributed by atoms with Gasteiger partial charge in [0.05, 0.1) is 0 Å². The Bertz CT molecular complexity index is 536. The van der Waals surface area contributed by atoms with Crippen molar-refractivity contribution < 1.29 is 9.90 Å². The van der Waals surface area contributed by atoms with Crippen LogP contribution in [0.15, 0.2) is 24.7 Å². The van der Waals surface area contributed by atoms with E-state index in [1.807, 2.05) is 6.07 Å². The fraction of sp³-hybridized carbons (Fsp3) is 0.273. The molecule has 0 aliphatic carbocycles. The summed E-state index contributed by atoms with van der Waals surface area (Å²) < 4.78 is 1.43. The summed E-state index contributed by atoms with van der Waals surface area (Å²) in [7, 11) is 0. The largest absolute Gasteiger partial charge is 0.476 e. The number of aromatic nitrogens is 4. The highest BCUT2D eigenvalue weighted by Gasteiger charge is 2.08. The Balaban J connectivity index is 2.31. The van der Waals surface area contributed by atoms with Crippen LogP contribution in [0.4, 0.5) is 0 Å². The molecule has 0 fully saturated rings. The molecule has 88 valence electrons. The second kappa shape index (κ2) is 4.73. The summed E-state index contributed by atoms with van der Waals surface area (Å²) in [5, 5.41) is 12.7. The highest BCUT2D eigenvalue weighted by Crippen LogP contribution is 2.07. The van der Waals surface area contributed by atoms with Gasteiger partial charge in [-0.25, -0.2) is 19.4 Å². The van der Waals surface area contributed by atoms with Crippen LogP contribution in [-0.2, 0) is 6.42 Å². The Labute approximate surface area is 98.0 Å². The number of carbonyl (C=O) groups is 1. The number of aromatic carboxylic acids is 1. The molecule has 1 N–H and O–H groups in total. The Morgan fingerprint density at radius 3 is 2.94 bits per heavy atom. The first kappa shape index (κ1) is 11.3. The lowest BCUT2D eigenvalue weighted by atomic mass is 10.2. The van der Waals surface area contributed by atoms with Crippen molar-refractivity contribution in [2.45, 2.75) is 19.8 Å². The summed E-state index contributed by atoms with van der Waals surface area (Å²) in [5.74, 6) is -0.470. The van der Waals surface area contributed by atoms with Crippen molar-refractivity contribution in [3.8, 4) is 5.82 Å². The SMILES string of the molecule is CCCc1cc(-n2ccc(C(=O)O)n2)ncn1. The summed E-state index contributed by atoms with van der Waals surface area (Å²) in [6.07, 6.45) is 4.89. The lowest BCUT2D eigenvalue weighted by Gasteiger charge is -2.02. The van der Waals surface area contributed by atoms with Crippen LogP contribution < -0.4 is 0 Å². The van der Waals surface area contributed by atoms with Crippen molar-refractivity contribution in [2.75, 3.05) is 0 Å². The third-order valence-corrected chi connectivity index (χ3v) is 2.26.